The van der Waals surface area contributed by atoms with Gasteiger partial charge < -0.3 is 19.9 Å². The van der Waals surface area contributed by atoms with E-state index in [1.54, 1.807) is 6.08 Å². The highest BCUT2D eigenvalue weighted by atomic mass is 35.5. The summed E-state index contributed by atoms with van der Waals surface area (Å²) in [7, 11) is 0. The van der Waals surface area contributed by atoms with Crippen molar-refractivity contribution >= 4 is 45.6 Å². The highest BCUT2D eigenvalue weighted by Crippen LogP contribution is 2.42. The van der Waals surface area contributed by atoms with E-state index in [4.69, 9.17) is 32.7 Å². The minimum atomic E-state index is -0.660. The number of rotatable bonds is 10. The van der Waals surface area contributed by atoms with E-state index in [0.717, 1.165) is 45.3 Å². The molecule has 3 fully saturated rings. The Morgan fingerprint density at radius 2 is 1.93 bits per heavy atom. The van der Waals surface area contributed by atoms with Crippen LogP contribution in [0, 0.1) is 5.82 Å². The number of hydrogen-bond donors (Lipinski definition) is 2. The summed E-state index contributed by atoms with van der Waals surface area (Å²) in [6.07, 6.45) is 7.15. The van der Waals surface area contributed by atoms with Gasteiger partial charge in [0.25, 0.3) is 0 Å². The van der Waals surface area contributed by atoms with Gasteiger partial charge in [0.05, 0.1) is 21.2 Å². The van der Waals surface area contributed by atoms with Crippen molar-refractivity contribution in [3.05, 3.63) is 59.1 Å². The number of anilines is 2. The first-order valence-corrected chi connectivity index (χ1v) is 14.5. The van der Waals surface area contributed by atoms with Gasteiger partial charge in [-0.25, -0.2) is 14.4 Å². The molecule has 3 aliphatic heterocycles. The van der Waals surface area contributed by atoms with Crippen LogP contribution in [-0.4, -0.2) is 75.5 Å². The number of aromatic nitrogens is 2. The third-order valence-electron chi connectivity index (χ3n) is 8.16. The minimum absolute atomic E-state index is 0.0468. The first-order valence-electron chi connectivity index (χ1n) is 13.7. The first kappa shape index (κ1) is 27.5. The standard InChI is InChI=1S/C29H32Cl2FN5O3/c1-2-26(38)37-17-4-5-18(37)13-19(12-17)40-25-14-20-23(15-24(25)39-11-10-36-8-3-9-36)33-16-34-29(20)35-22-7-6-21(30)27(31)28(22)32/h2,6-7,14-19,26,38H,1,3-5,8-13H2,(H,33,34,35). The van der Waals surface area contributed by atoms with E-state index >= 15 is 0 Å². The predicted octanol–water partition coefficient (Wildman–Crippen LogP) is 5.78. The van der Waals surface area contributed by atoms with E-state index < -0.39 is 12.0 Å². The third kappa shape index (κ3) is 5.45. The zero-order valence-corrected chi connectivity index (χ0v) is 23.5. The maximum absolute atomic E-state index is 14.8. The molecule has 8 nitrogen and oxygen atoms in total. The Morgan fingerprint density at radius 1 is 1.15 bits per heavy atom. The highest BCUT2D eigenvalue weighted by Gasteiger charge is 2.44. The molecule has 3 saturated heterocycles. The van der Waals surface area contributed by atoms with Crippen molar-refractivity contribution in [1.29, 1.82) is 0 Å². The van der Waals surface area contributed by atoms with E-state index in [1.165, 1.54) is 24.9 Å². The van der Waals surface area contributed by atoms with Crippen LogP contribution >= 0.6 is 23.2 Å². The SMILES string of the molecule is C=CC(O)N1C2CCC1CC(Oc1cc3c(Nc4ccc(Cl)c(Cl)c4F)ncnc3cc1OCCN1CCC1)C2. The van der Waals surface area contributed by atoms with Crippen LogP contribution in [0.1, 0.15) is 32.1 Å². The second-order valence-electron chi connectivity index (χ2n) is 10.6. The lowest BCUT2D eigenvalue weighted by Crippen LogP contribution is -2.50. The molecular formula is C29H32Cl2FN5O3. The Morgan fingerprint density at radius 3 is 2.62 bits per heavy atom. The number of aliphatic hydroxyl groups excluding tert-OH is 1. The van der Waals surface area contributed by atoms with Gasteiger partial charge in [-0.05, 0) is 69.5 Å². The number of ether oxygens (including phenoxy) is 2. The summed E-state index contributed by atoms with van der Waals surface area (Å²) in [6.45, 7) is 7.32. The molecule has 0 spiro atoms. The van der Waals surface area contributed by atoms with Gasteiger partial charge in [0.15, 0.2) is 17.3 Å². The Balaban J connectivity index is 1.30. The molecule has 3 atom stereocenters. The normalized spacial score (nSPS) is 23.6. The molecule has 0 aliphatic carbocycles. The molecule has 40 heavy (non-hydrogen) atoms. The molecule has 2 aromatic carbocycles. The molecule has 0 radical (unpaired) electrons. The average Bonchev–Trinajstić information content (AvgIpc) is 3.20. The molecular weight excluding hydrogens is 556 g/mol. The fourth-order valence-electron chi connectivity index (χ4n) is 6.00. The van der Waals surface area contributed by atoms with Crippen molar-refractivity contribution in [3.8, 4) is 11.5 Å². The number of nitrogens with one attached hydrogen (secondary N) is 1. The molecule has 6 rings (SSSR count). The molecule has 11 heteroatoms. The van der Waals surface area contributed by atoms with Gasteiger partial charge in [0, 0.05) is 30.1 Å². The Labute approximate surface area is 242 Å². The number of likely N-dealkylation sites (tertiary alicyclic amines) is 1. The second-order valence-corrected chi connectivity index (χ2v) is 11.4. The minimum Gasteiger partial charge on any atom is -0.488 e. The Kier molecular flexibility index (Phi) is 8.01. The van der Waals surface area contributed by atoms with E-state index in [0.29, 0.717) is 34.8 Å². The van der Waals surface area contributed by atoms with Crippen molar-refractivity contribution in [2.24, 2.45) is 0 Å². The smallest absolute Gasteiger partial charge is 0.166 e. The molecule has 3 unspecified atom stereocenters. The number of hydrogen-bond acceptors (Lipinski definition) is 8. The van der Waals surface area contributed by atoms with Crippen LogP contribution in [0.3, 0.4) is 0 Å². The number of piperidine rings is 1. The van der Waals surface area contributed by atoms with Crippen LogP contribution < -0.4 is 14.8 Å². The van der Waals surface area contributed by atoms with Gasteiger partial charge in [-0.15, -0.1) is 0 Å². The Bertz CT molecular complexity index is 1390. The average molecular weight is 589 g/mol. The summed E-state index contributed by atoms with van der Waals surface area (Å²) in [5, 5.41) is 14.1. The molecule has 3 aliphatic rings. The molecule has 2 N–H and O–H groups in total. The lowest BCUT2D eigenvalue weighted by Gasteiger charge is -2.40. The quantitative estimate of drug-likeness (QED) is 0.228. The van der Waals surface area contributed by atoms with Crippen LogP contribution in [0.4, 0.5) is 15.9 Å². The van der Waals surface area contributed by atoms with Gasteiger partial charge in [-0.1, -0.05) is 29.8 Å². The number of fused-ring (bicyclic) bond motifs is 3. The van der Waals surface area contributed by atoms with Crippen molar-refractivity contribution < 1.29 is 19.0 Å². The lowest BCUT2D eigenvalue weighted by molar-refractivity contribution is -0.0432. The van der Waals surface area contributed by atoms with Gasteiger partial charge >= 0.3 is 0 Å². The number of nitrogens with zero attached hydrogens (tertiary/aromatic N) is 4. The zero-order valence-electron chi connectivity index (χ0n) is 22.0. The van der Waals surface area contributed by atoms with E-state index in [-0.39, 0.29) is 33.9 Å². The fourth-order valence-corrected chi connectivity index (χ4v) is 6.31. The van der Waals surface area contributed by atoms with E-state index in [9.17, 15) is 9.50 Å². The van der Waals surface area contributed by atoms with E-state index in [1.807, 2.05) is 12.1 Å². The van der Waals surface area contributed by atoms with Crippen molar-refractivity contribution in [3.63, 3.8) is 0 Å². The van der Waals surface area contributed by atoms with E-state index in [2.05, 4.69) is 31.7 Å². The summed E-state index contributed by atoms with van der Waals surface area (Å²) in [5.41, 5.74) is 0.782. The lowest BCUT2D eigenvalue weighted by atomic mass is 9.99. The number of benzene rings is 2. The predicted molar refractivity (Wildman–Crippen MR) is 154 cm³/mol. The van der Waals surface area contributed by atoms with Gasteiger partial charge in [0.2, 0.25) is 0 Å². The summed E-state index contributed by atoms with van der Waals surface area (Å²) in [4.78, 5) is 13.3. The molecule has 0 saturated carbocycles. The number of aliphatic hydroxyl groups is 1. The zero-order chi connectivity index (χ0) is 27.8. The molecule has 3 aromatic rings. The van der Waals surface area contributed by atoms with Crippen LogP contribution in [-0.2, 0) is 0 Å². The topological polar surface area (TPSA) is 83.0 Å². The molecule has 2 bridgehead atoms. The maximum atomic E-state index is 14.8. The molecule has 4 heterocycles. The highest BCUT2D eigenvalue weighted by molar-refractivity contribution is 6.42. The van der Waals surface area contributed by atoms with Crippen LogP contribution in [0.15, 0.2) is 43.2 Å². The number of halogens is 3. The fraction of sp³-hybridized carbons (Fsp3) is 0.448. The largest absolute Gasteiger partial charge is 0.488 e. The monoisotopic (exact) mass is 587 g/mol. The van der Waals surface area contributed by atoms with Crippen molar-refractivity contribution in [2.75, 3.05) is 31.6 Å². The Hall–Kier alpha value is -2.69. The first-order chi connectivity index (χ1) is 19.4. The van der Waals surface area contributed by atoms with Crippen LogP contribution in [0.25, 0.3) is 10.9 Å². The summed E-state index contributed by atoms with van der Waals surface area (Å²) < 4.78 is 27.7. The van der Waals surface area contributed by atoms with Crippen molar-refractivity contribution in [1.82, 2.24) is 19.8 Å². The summed E-state index contributed by atoms with van der Waals surface area (Å²) in [5.74, 6) is 0.945. The van der Waals surface area contributed by atoms with Gasteiger partial charge in [-0.2, -0.15) is 0 Å². The van der Waals surface area contributed by atoms with Crippen molar-refractivity contribution in [2.45, 2.75) is 56.5 Å². The van der Waals surface area contributed by atoms with Crippen LogP contribution in [0.2, 0.25) is 10.0 Å². The van der Waals surface area contributed by atoms with Crippen LogP contribution in [0.5, 0.6) is 11.5 Å². The molecule has 0 amide bonds. The second kappa shape index (κ2) is 11.7. The summed E-state index contributed by atoms with van der Waals surface area (Å²) >= 11 is 12.0. The van der Waals surface area contributed by atoms with Gasteiger partial charge in [-0.3, -0.25) is 9.80 Å². The summed E-state index contributed by atoms with van der Waals surface area (Å²) in [6, 6.07) is 7.21. The van der Waals surface area contributed by atoms with Gasteiger partial charge in [0.1, 0.15) is 31.1 Å². The molecule has 212 valence electrons. The maximum Gasteiger partial charge on any atom is 0.166 e. The molecule has 1 aromatic heterocycles. The third-order valence-corrected chi connectivity index (χ3v) is 8.94.